The zero-order chi connectivity index (χ0) is 25.0. The lowest BCUT2D eigenvalue weighted by Gasteiger charge is -2.20. The first-order valence-electron chi connectivity index (χ1n) is 11.4. The molecule has 1 unspecified atom stereocenters. The third-order valence-corrected chi connectivity index (χ3v) is 6.22. The Morgan fingerprint density at radius 3 is 2.44 bits per heavy atom. The molecule has 2 N–H and O–H groups in total. The zero-order valence-electron chi connectivity index (χ0n) is 20.4. The van der Waals surface area contributed by atoms with Gasteiger partial charge in [0.1, 0.15) is 5.75 Å². The van der Waals surface area contributed by atoms with Gasteiger partial charge in [0.05, 0.1) is 31.0 Å². The maximum atomic E-state index is 13.1. The van der Waals surface area contributed by atoms with Crippen molar-refractivity contribution in [1.82, 2.24) is 4.57 Å². The summed E-state index contributed by atoms with van der Waals surface area (Å²) in [6.07, 6.45) is 3.12. The summed E-state index contributed by atoms with van der Waals surface area (Å²) in [6.45, 7) is 7.59. The van der Waals surface area contributed by atoms with Crippen LogP contribution in [0.5, 0.6) is 5.75 Å². The van der Waals surface area contributed by atoms with E-state index in [0.717, 1.165) is 29.4 Å². The van der Waals surface area contributed by atoms with Gasteiger partial charge >= 0.3 is 0 Å². The Hall–Kier alpha value is -3.02. The van der Waals surface area contributed by atoms with E-state index < -0.39 is 6.10 Å². The van der Waals surface area contributed by atoms with Crippen molar-refractivity contribution >= 4 is 28.1 Å². The normalized spacial score (nSPS) is 13.7. The molecule has 0 bridgehead atoms. The topological polar surface area (TPSA) is 71.7 Å². The summed E-state index contributed by atoms with van der Waals surface area (Å²) in [5.74, 6) is 0.740. The lowest BCUT2D eigenvalue weighted by Crippen LogP contribution is -2.25. The van der Waals surface area contributed by atoms with Crippen molar-refractivity contribution in [2.24, 2.45) is 0 Å². The van der Waals surface area contributed by atoms with Crippen LogP contribution in [0.25, 0.3) is 16.5 Å². The lowest BCUT2D eigenvalue weighted by molar-refractivity contribution is 0.156. The molecule has 0 spiro atoms. The van der Waals surface area contributed by atoms with E-state index in [-0.39, 0.29) is 17.9 Å². The molecule has 6 heteroatoms. The van der Waals surface area contributed by atoms with Gasteiger partial charge in [0.25, 0.3) is 5.56 Å². The molecule has 1 atom stereocenters. The maximum Gasteiger partial charge on any atom is 0.254 e. The summed E-state index contributed by atoms with van der Waals surface area (Å²) < 4.78 is 7.28. The molecule has 0 fully saturated rings. The first kappa shape index (κ1) is 25.6. The average molecular weight is 482 g/mol. The van der Waals surface area contributed by atoms with Crippen molar-refractivity contribution in [1.29, 1.82) is 0 Å². The van der Waals surface area contributed by atoms with Crippen LogP contribution in [0.2, 0.25) is 5.02 Å². The van der Waals surface area contributed by atoms with Gasteiger partial charge in [0.2, 0.25) is 0 Å². The van der Waals surface area contributed by atoms with Gasteiger partial charge in [-0.05, 0) is 68.0 Å². The number of pyridine rings is 1. The number of nitrogens with zero attached hydrogens (tertiary/aromatic N) is 1. The van der Waals surface area contributed by atoms with Gasteiger partial charge < -0.3 is 19.5 Å². The lowest BCUT2D eigenvalue weighted by atomic mass is 9.94. The van der Waals surface area contributed by atoms with Gasteiger partial charge in [-0.25, -0.2) is 0 Å². The van der Waals surface area contributed by atoms with E-state index in [2.05, 4.69) is 13.0 Å². The fraction of sp³-hybridized carbons (Fsp3) is 0.321. The van der Waals surface area contributed by atoms with Crippen molar-refractivity contribution in [3.05, 3.63) is 91.9 Å². The van der Waals surface area contributed by atoms with Crippen LogP contribution in [-0.4, -0.2) is 21.9 Å². The molecule has 34 heavy (non-hydrogen) atoms. The van der Waals surface area contributed by atoms with Crippen LogP contribution in [0.4, 0.5) is 0 Å². The predicted molar refractivity (Wildman–Crippen MR) is 140 cm³/mol. The van der Waals surface area contributed by atoms with Crippen molar-refractivity contribution in [2.45, 2.75) is 53.2 Å². The second kappa shape index (κ2) is 10.9. The summed E-state index contributed by atoms with van der Waals surface area (Å²) in [6, 6.07) is 12.5. The Balaban J connectivity index is 2.19. The van der Waals surface area contributed by atoms with Crippen molar-refractivity contribution < 1.29 is 14.9 Å². The largest absolute Gasteiger partial charge is 0.512 e. The molecule has 0 saturated heterocycles. The quantitative estimate of drug-likeness (QED) is 0.276. The highest BCUT2D eigenvalue weighted by Crippen LogP contribution is 2.36. The third-order valence-electron chi connectivity index (χ3n) is 5.97. The number of unbranched alkanes of at least 4 members (excludes halogenated alkanes) is 1. The number of allylic oxidation sites excluding steroid dienone is 4. The second-order valence-corrected chi connectivity index (χ2v) is 8.99. The molecule has 1 heterocycles. The molecule has 0 aliphatic rings. The number of aliphatic hydroxyl groups excluding tert-OH is 2. The minimum Gasteiger partial charge on any atom is -0.512 e. The molecule has 1 aromatic heterocycles. The molecule has 0 aliphatic carbocycles. The van der Waals surface area contributed by atoms with E-state index in [0.29, 0.717) is 33.0 Å². The van der Waals surface area contributed by atoms with E-state index in [9.17, 15) is 15.0 Å². The predicted octanol–water partition coefficient (Wildman–Crippen LogP) is 6.74. The Morgan fingerprint density at radius 2 is 1.85 bits per heavy atom. The Kier molecular flexibility index (Phi) is 8.24. The van der Waals surface area contributed by atoms with Crippen molar-refractivity contribution in [3.8, 4) is 5.75 Å². The third kappa shape index (κ3) is 5.37. The number of fused-ring (bicyclic) bond motifs is 1. The van der Waals surface area contributed by atoms with Crippen LogP contribution in [0.15, 0.2) is 64.7 Å². The number of ether oxygens (including phenoxy) is 1. The Morgan fingerprint density at radius 1 is 1.18 bits per heavy atom. The molecule has 5 nitrogen and oxygen atoms in total. The SMILES string of the molecule is CCC/C=C(C)/C(=C(/C)O)c1cc2cc(C)c(=O)n(CC(O)c3ccc(Cl)cc3)c2cc1OC. The molecule has 0 saturated carbocycles. The zero-order valence-corrected chi connectivity index (χ0v) is 21.1. The number of methoxy groups -OCH3 is 1. The van der Waals surface area contributed by atoms with Gasteiger partial charge in [0.15, 0.2) is 0 Å². The molecular formula is C28H32ClNO4. The van der Waals surface area contributed by atoms with Crippen molar-refractivity contribution in [2.75, 3.05) is 7.11 Å². The number of aliphatic hydroxyl groups is 2. The Labute approximate surface area is 205 Å². The van der Waals surface area contributed by atoms with Gasteiger partial charge in [0, 0.05) is 27.8 Å². The van der Waals surface area contributed by atoms with E-state index in [1.54, 1.807) is 55.9 Å². The molecule has 3 aromatic rings. The molecule has 3 rings (SSSR count). The molecular weight excluding hydrogens is 450 g/mol. The molecule has 2 aromatic carbocycles. The minimum atomic E-state index is -0.889. The first-order chi connectivity index (χ1) is 16.2. The molecule has 0 aliphatic heterocycles. The van der Waals surface area contributed by atoms with E-state index in [4.69, 9.17) is 16.3 Å². The van der Waals surface area contributed by atoms with Crippen LogP contribution in [0.3, 0.4) is 0 Å². The average Bonchev–Trinajstić information content (AvgIpc) is 2.80. The number of aryl methyl sites for hydroxylation is 1. The number of hydrogen-bond acceptors (Lipinski definition) is 4. The fourth-order valence-electron chi connectivity index (χ4n) is 4.22. The van der Waals surface area contributed by atoms with Gasteiger partial charge in [-0.3, -0.25) is 4.79 Å². The van der Waals surface area contributed by atoms with E-state index in [1.807, 2.05) is 19.1 Å². The summed E-state index contributed by atoms with van der Waals surface area (Å²) in [5.41, 5.74) is 4.13. The fourth-order valence-corrected chi connectivity index (χ4v) is 4.34. The van der Waals surface area contributed by atoms with E-state index >= 15 is 0 Å². The number of benzene rings is 2. The monoisotopic (exact) mass is 481 g/mol. The van der Waals surface area contributed by atoms with Crippen LogP contribution in [0.1, 0.15) is 56.4 Å². The van der Waals surface area contributed by atoms with Crippen LogP contribution < -0.4 is 10.3 Å². The maximum absolute atomic E-state index is 13.1. The van der Waals surface area contributed by atoms with Crippen LogP contribution >= 0.6 is 11.6 Å². The highest BCUT2D eigenvalue weighted by Gasteiger charge is 2.19. The first-order valence-corrected chi connectivity index (χ1v) is 11.8. The second-order valence-electron chi connectivity index (χ2n) is 8.56. The Bertz CT molecular complexity index is 1300. The standard InChI is InChI=1S/C28H32ClNO4/c1-6-7-8-17(2)27(19(4)31)23-14-21-13-18(3)28(33)30(24(21)15-26(23)34-5)16-25(32)20-9-11-22(29)12-10-20/h8-15,25,31-32H,6-7,16H2,1-5H3/b17-8+,27-19+. The van der Waals surface area contributed by atoms with Gasteiger partial charge in [-0.1, -0.05) is 43.2 Å². The van der Waals surface area contributed by atoms with Gasteiger partial charge in [-0.2, -0.15) is 0 Å². The number of aromatic nitrogens is 1. The highest BCUT2D eigenvalue weighted by molar-refractivity contribution is 6.30. The van der Waals surface area contributed by atoms with Crippen molar-refractivity contribution in [3.63, 3.8) is 0 Å². The number of hydrogen-bond donors (Lipinski definition) is 2. The molecule has 0 radical (unpaired) electrons. The number of halogens is 1. The summed E-state index contributed by atoms with van der Waals surface area (Å²) >= 11 is 5.97. The summed E-state index contributed by atoms with van der Waals surface area (Å²) in [7, 11) is 1.57. The smallest absolute Gasteiger partial charge is 0.254 e. The van der Waals surface area contributed by atoms with Crippen LogP contribution in [-0.2, 0) is 6.54 Å². The summed E-state index contributed by atoms with van der Waals surface area (Å²) in [5, 5.41) is 22.8. The highest BCUT2D eigenvalue weighted by atomic mass is 35.5. The molecule has 0 amide bonds. The number of rotatable bonds is 8. The minimum absolute atomic E-state index is 0.0816. The van der Waals surface area contributed by atoms with E-state index in [1.165, 1.54) is 0 Å². The van der Waals surface area contributed by atoms with Gasteiger partial charge in [-0.15, -0.1) is 0 Å². The van der Waals surface area contributed by atoms with Crippen LogP contribution in [0, 0.1) is 6.92 Å². The summed E-state index contributed by atoms with van der Waals surface area (Å²) in [4.78, 5) is 13.1. The molecule has 180 valence electrons.